The van der Waals surface area contributed by atoms with Crippen LogP contribution in [-0.2, 0) is 25.7 Å². The first-order chi connectivity index (χ1) is 17.9. The van der Waals surface area contributed by atoms with Crippen LogP contribution in [0, 0.1) is 12.3 Å². The first kappa shape index (κ1) is 29.2. The third kappa shape index (κ3) is 7.61. The van der Waals surface area contributed by atoms with Crippen LogP contribution in [0.15, 0.2) is 29.8 Å². The number of carbonyl (C=O) groups is 4. The van der Waals surface area contributed by atoms with Crippen molar-refractivity contribution in [3.8, 4) is 10.4 Å². The van der Waals surface area contributed by atoms with Crippen molar-refractivity contribution < 1.29 is 29.4 Å². The second-order valence-corrected chi connectivity index (χ2v) is 11.5. The number of β-amino-alcohol motifs (C(OH)–C–C–N with tert-alkyl or cyclic N) is 1. The molecule has 1 aliphatic heterocycles. The van der Waals surface area contributed by atoms with Crippen molar-refractivity contribution in [1.82, 2.24) is 20.5 Å². The highest BCUT2D eigenvalue weighted by Crippen LogP contribution is 2.28. The van der Waals surface area contributed by atoms with Gasteiger partial charge in [0.2, 0.25) is 17.7 Å². The van der Waals surface area contributed by atoms with Gasteiger partial charge in [-0.1, -0.05) is 45.0 Å². The monoisotopic (exact) mass is 544 g/mol. The zero-order valence-electron chi connectivity index (χ0n) is 22.2. The summed E-state index contributed by atoms with van der Waals surface area (Å²) in [4.78, 5) is 56.5. The maximum Gasteiger partial charge on any atom is 0.303 e. The van der Waals surface area contributed by atoms with Gasteiger partial charge in [0.1, 0.15) is 12.1 Å². The van der Waals surface area contributed by atoms with Crippen LogP contribution < -0.4 is 10.6 Å². The van der Waals surface area contributed by atoms with Crippen molar-refractivity contribution in [2.45, 2.75) is 78.1 Å². The van der Waals surface area contributed by atoms with E-state index in [1.54, 1.807) is 37.6 Å². The van der Waals surface area contributed by atoms with E-state index in [0.29, 0.717) is 0 Å². The van der Waals surface area contributed by atoms with Gasteiger partial charge in [-0.25, -0.2) is 4.98 Å². The minimum absolute atomic E-state index is 0.0126. The fourth-order valence-corrected chi connectivity index (χ4v) is 5.23. The van der Waals surface area contributed by atoms with Crippen LogP contribution in [0.4, 0.5) is 0 Å². The predicted molar refractivity (Wildman–Crippen MR) is 143 cm³/mol. The van der Waals surface area contributed by atoms with Crippen LogP contribution in [0.25, 0.3) is 10.4 Å². The number of rotatable bonds is 10. The van der Waals surface area contributed by atoms with Gasteiger partial charge in [-0.15, -0.1) is 11.3 Å². The van der Waals surface area contributed by atoms with Crippen LogP contribution >= 0.6 is 11.3 Å². The van der Waals surface area contributed by atoms with E-state index in [0.717, 1.165) is 21.7 Å². The van der Waals surface area contributed by atoms with Crippen molar-refractivity contribution in [2.24, 2.45) is 5.41 Å². The lowest BCUT2D eigenvalue weighted by atomic mass is 9.85. The molecule has 0 bridgehead atoms. The lowest BCUT2D eigenvalue weighted by Gasteiger charge is -2.35. The molecule has 0 saturated carbocycles. The largest absolute Gasteiger partial charge is 0.481 e. The number of aliphatic hydroxyl groups excluding tert-OH is 1. The zero-order valence-corrected chi connectivity index (χ0v) is 23.0. The van der Waals surface area contributed by atoms with E-state index in [1.165, 1.54) is 4.90 Å². The van der Waals surface area contributed by atoms with Gasteiger partial charge in [-0.3, -0.25) is 19.2 Å². The average molecular weight is 545 g/mol. The normalized spacial score (nSPS) is 18.2. The third-order valence-electron chi connectivity index (χ3n) is 6.51. The summed E-state index contributed by atoms with van der Waals surface area (Å²) in [5.41, 5.74) is 4.03. The Kier molecular flexibility index (Phi) is 9.61. The average Bonchev–Trinajstić information content (AvgIpc) is 3.45. The molecule has 1 aromatic carbocycles. The smallest absolute Gasteiger partial charge is 0.303 e. The molecule has 0 radical (unpaired) electrons. The van der Waals surface area contributed by atoms with Crippen molar-refractivity contribution in [1.29, 1.82) is 0 Å². The maximum absolute atomic E-state index is 13.5. The number of carbonyl (C=O) groups excluding carboxylic acids is 3. The Morgan fingerprint density at radius 3 is 2.42 bits per heavy atom. The molecule has 10 nitrogen and oxygen atoms in total. The fourth-order valence-electron chi connectivity index (χ4n) is 4.41. The minimum atomic E-state index is -0.994. The highest BCUT2D eigenvalue weighted by molar-refractivity contribution is 7.13. The number of hydrogen-bond acceptors (Lipinski definition) is 7. The molecule has 3 atom stereocenters. The first-order valence-electron chi connectivity index (χ1n) is 12.6. The Bertz CT molecular complexity index is 1160. The summed E-state index contributed by atoms with van der Waals surface area (Å²) in [5.74, 6) is -2.26. The van der Waals surface area contributed by atoms with E-state index in [9.17, 15) is 24.3 Å². The van der Waals surface area contributed by atoms with E-state index >= 15 is 0 Å². The number of benzene rings is 1. The molecule has 0 aliphatic carbocycles. The maximum atomic E-state index is 13.5. The summed E-state index contributed by atoms with van der Waals surface area (Å²) >= 11 is 1.57. The van der Waals surface area contributed by atoms with Crippen molar-refractivity contribution >= 4 is 35.0 Å². The van der Waals surface area contributed by atoms with E-state index in [2.05, 4.69) is 15.6 Å². The molecule has 3 rings (SSSR count). The summed E-state index contributed by atoms with van der Waals surface area (Å²) < 4.78 is 0. The number of nitrogens with zero attached hydrogens (tertiary/aromatic N) is 2. The van der Waals surface area contributed by atoms with Gasteiger partial charge >= 0.3 is 5.97 Å². The molecule has 1 aromatic heterocycles. The van der Waals surface area contributed by atoms with E-state index in [4.69, 9.17) is 5.11 Å². The number of thiazole rings is 1. The van der Waals surface area contributed by atoms with Gasteiger partial charge < -0.3 is 25.7 Å². The first-order valence-corrected chi connectivity index (χ1v) is 13.5. The predicted octanol–water partition coefficient (Wildman–Crippen LogP) is 2.48. The molecule has 11 heteroatoms. The van der Waals surface area contributed by atoms with E-state index in [-0.39, 0.29) is 44.7 Å². The molecule has 1 fully saturated rings. The molecular weight excluding hydrogens is 508 g/mol. The number of aromatic nitrogens is 1. The third-order valence-corrected chi connectivity index (χ3v) is 7.48. The summed E-state index contributed by atoms with van der Waals surface area (Å²) in [6, 6.07) is 6.00. The van der Waals surface area contributed by atoms with E-state index < -0.39 is 41.4 Å². The van der Waals surface area contributed by atoms with Gasteiger partial charge in [0, 0.05) is 32.4 Å². The molecule has 2 aromatic rings. The zero-order chi connectivity index (χ0) is 28.0. The van der Waals surface area contributed by atoms with Crippen LogP contribution in [0.5, 0.6) is 0 Å². The molecule has 1 aliphatic rings. The number of likely N-dealkylation sites (tertiary alicyclic amines) is 1. The van der Waals surface area contributed by atoms with Crippen molar-refractivity contribution in [3.63, 3.8) is 0 Å². The SMILES string of the molecule is Cc1ncsc1-c1ccc(CNC(=O)[C@@H]2CC(O)CN2C(=O)[C@@H](NC(=O)CCCC(=O)O)C(C)(C)C)cc1. The Hall–Kier alpha value is -3.31. The number of carboxylic acids is 1. The lowest BCUT2D eigenvalue weighted by Crippen LogP contribution is -2.57. The number of nitrogens with one attached hydrogen (secondary N) is 2. The topological polar surface area (TPSA) is 149 Å². The number of aliphatic hydroxyl groups is 1. The van der Waals surface area contributed by atoms with Crippen molar-refractivity contribution in [3.05, 3.63) is 41.0 Å². The number of aryl methyl sites for hydroxylation is 1. The highest BCUT2D eigenvalue weighted by atomic mass is 32.1. The van der Waals surface area contributed by atoms with Gasteiger partial charge in [0.25, 0.3) is 0 Å². The quantitative estimate of drug-likeness (QED) is 0.359. The van der Waals surface area contributed by atoms with Crippen LogP contribution in [-0.4, -0.2) is 68.5 Å². The molecule has 4 N–H and O–H groups in total. The van der Waals surface area contributed by atoms with Gasteiger partial charge in [-0.05, 0) is 29.9 Å². The second kappa shape index (κ2) is 12.5. The Labute approximate surface area is 226 Å². The molecular formula is C27H36N4O6S. The number of carboxylic acid groups (broad SMARTS) is 1. The molecule has 0 spiro atoms. The van der Waals surface area contributed by atoms with Crippen LogP contribution in [0.2, 0.25) is 0 Å². The number of amides is 3. The summed E-state index contributed by atoms with van der Waals surface area (Å²) in [7, 11) is 0. The fraction of sp³-hybridized carbons (Fsp3) is 0.519. The Balaban J connectivity index is 1.64. The molecule has 38 heavy (non-hydrogen) atoms. The van der Waals surface area contributed by atoms with Crippen LogP contribution in [0.1, 0.15) is 57.7 Å². The van der Waals surface area contributed by atoms with Gasteiger partial charge in [-0.2, -0.15) is 0 Å². The molecule has 1 unspecified atom stereocenters. The van der Waals surface area contributed by atoms with Crippen LogP contribution in [0.3, 0.4) is 0 Å². The lowest BCUT2D eigenvalue weighted by molar-refractivity contribution is -0.144. The number of aliphatic carboxylic acids is 1. The second-order valence-electron chi connectivity index (χ2n) is 10.7. The highest BCUT2D eigenvalue weighted by Gasteiger charge is 2.44. The van der Waals surface area contributed by atoms with Crippen molar-refractivity contribution in [2.75, 3.05) is 6.54 Å². The van der Waals surface area contributed by atoms with Gasteiger partial charge in [0.15, 0.2) is 0 Å². The van der Waals surface area contributed by atoms with Gasteiger partial charge in [0.05, 0.1) is 22.2 Å². The molecule has 1 saturated heterocycles. The van der Waals surface area contributed by atoms with E-state index in [1.807, 2.05) is 31.2 Å². The summed E-state index contributed by atoms with van der Waals surface area (Å²) in [6.07, 6.45) is -0.770. The summed E-state index contributed by atoms with van der Waals surface area (Å²) in [6.45, 7) is 7.60. The standard InChI is InChI=1S/C27H36N4O6S/c1-16-23(38-15-29-16)18-10-8-17(9-11-18)13-28-25(36)20-12-19(32)14-31(20)26(37)24(27(2,3)4)30-21(33)6-5-7-22(34)35/h8-11,15,19-20,24,32H,5-7,12-14H2,1-4H3,(H,28,36)(H,30,33)(H,34,35)/t19?,20-,24+/m0/s1. The molecule has 206 valence electrons. The summed E-state index contributed by atoms with van der Waals surface area (Å²) in [5, 5.41) is 24.7. The minimum Gasteiger partial charge on any atom is -0.481 e. The molecule has 3 amide bonds. The Morgan fingerprint density at radius 1 is 1.16 bits per heavy atom. The molecule has 2 heterocycles. The number of hydrogen-bond donors (Lipinski definition) is 4. The Morgan fingerprint density at radius 2 is 1.84 bits per heavy atom.